The topological polar surface area (TPSA) is 59.9 Å². The first-order chi connectivity index (χ1) is 9.56. The van der Waals surface area contributed by atoms with Crippen molar-refractivity contribution in [1.29, 1.82) is 0 Å². The summed E-state index contributed by atoms with van der Waals surface area (Å²) in [6, 6.07) is 6.66. The molecule has 0 saturated carbocycles. The van der Waals surface area contributed by atoms with E-state index in [1.54, 1.807) is 24.3 Å². The Morgan fingerprint density at radius 2 is 1.50 bits per heavy atom. The summed E-state index contributed by atoms with van der Waals surface area (Å²) < 4.78 is 0. The first kappa shape index (κ1) is 14.3. The Kier molecular flexibility index (Phi) is 4.58. The third-order valence-electron chi connectivity index (χ3n) is 2.86. The second kappa shape index (κ2) is 6.39. The van der Waals surface area contributed by atoms with E-state index in [0.717, 1.165) is 5.69 Å². The summed E-state index contributed by atoms with van der Waals surface area (Å²) in [5.41, 5.74) is 1.84. The van der Waals surface area contributed by atoms with E-state index in [9.17, 15) is 9.59 Å². The van der Waals surface area contributed by atoms with Crippen LogP contribution in [0.1, 0.15) is 39.3 Å². The lowest BCUT2D eigenvalue weighted by Crippen LogP contribution is -2.06. The van der Waals surface area contributed by atoms with Crippen molar-refractivity contribution in [1.82, 2.24) is 9.97 Å². The van der Waals surface area contributed by atoms with Gasteiger partial charge in [-0.15, -0.1) is 0 Å². The Morgan fingerprint density at radius 3 is 1.95 bits per heavy atom. The second-order valence-corrected chi connectivity index (χ2v) is 4.79. The van der Waals surface area contributed by atoms with Crippen LogP contribution < -0.4 is 0 Å². The fourth-order valence-corrected chi connectivity index (χ4v) is 1.80. The van der Waals surface area contributed by atoms with Gasteiger partial charge in [0.1, 0.15) is 5.15 Å². The van der Waals surface area contributed by atoms with Crippen molar-refractivity contribution < 1.29 is 9.59 Å². The number of Topliss-reactive ketones (excluding diaryl/α,β-unsaturated/α-hetero) is 2. The summed E-state index contributed by atoms with van der Waals surface area (Å²) in [7, 11) is 0. The molecule has 0 aliphatic carbocycles. The molecule has 0 aromatic carbocycles. The maximum Gasteiger partial charge on any atom is 0.164 e. The normalized spacial score (nSPS) is 10.3. The van der Waals surface area contributed by atoms with Crippen LogP contribution in [-0.4, -0.2) is 21.5 Å². The molecule has 0 amide bonds. The van der Waals surface area contributed by atoms with Gasteiger partial charge in [-0.25, -0.2) is 4.98 Å². The summed E-state index contributed by atoms with van der Waals surface area (Å²) in [6.07, 6.45) is 3.26. The number of hydrogen-bond acceptors (Lipinski definition) is 4. The third kappa shape index (κ3) is 3.71. The van der Waals surface area contributed by atoms with Gasteiger partial charge in [0, 0.05) is 42.1 Å². The zero-order chi connectivity index (χ0) is 14.5. The molecular weight excluding hydrogens is 276 g/mol. The van der Waals surface area contributed by atoms with Gasteiger partial charge in [-0.1, -0.05) is 11.6 Å². The number of halogens is 1. The molecule has 0 saturated heterocycles. The summed E-state index contributed by atoms with van der Waals surface area (Å²) in [4.78, 5) is 31.7. The van der Waals surface area contributed by atoms with Crippen LogP contribution in [0.25, 0.3) is 0 Å². The standard InChI is InChI=1S/C15H13ClN2O2/c1-10-2-3-11(8-17-10)13(19)5-6-14(20)12-4-7-15(16)18-9-12/h2-4,7-9H,5-6H2,1H3. The van der Waals surface area contributed by atoms with Gasteiger partial charge in [0.25, 0.3) is 0 Å². The molecule has 4 nitrogen and oxygen atoms in total. The number of pyridine rings is 2. The van der Waals surface area contributed by atoms with Crippen LogP contribution in [0.2, 0.25) is 5.15 Å². The van der Waals surface area contributed by atoms with Crippen LogP contribution in [0.3, 0.4) is 0 Å². The van der Waals surface area contributed by atoms with Crippen molar-refractivity contribution in [2.24, 2.45) is 0 Å². The van der Waals surface area contributed by atoms with Crippen LogP contribution in [0.15, 0.2) is 36.7 Å². The minimum atomic E-state index is -0.123. The number of aromatic nitrogens is 2. The van der Waals surface area contributed by atoms with Gasteiger partial charge in [0.05, 0.1) is 0 Å². The van der Waals surface area contributed by atoms with E-state index in [4.69, 9.17) is 11.6 Å². The lowest BCUT2D eigenvalue weighted by molar-refractivity contribution is 0.0917. The van der Waals surface area contributed by atoms with Crippen LogP contribution in [0, 0.1) is 6.92 Å². The van der Waals surface area contributed by atoms with Crippen molar-refractivity contribution in [3.8, 4) is 0 Å². The summed E-state index contributed by atoms with van der Waals surface area (Å²) in [6.45, 7) is 1.85. The quantitative estimate of drug-likeness (QED) is 0.626. The summed E-state index contributed by atoms with van der Waals surface area (Å²) >= 11 is 5.65. The number of ketones is 2. The Balaban J connectivity index is 1.94. The fraction of sp³-hybridized carbons (Fsp3) is 0.200. The molecule has 102 valence electrons. The van der Waals surface area contributed by atoms with Gasteiger partial charge >= 0.3 is 0 Å². The van der Waals surface area contributed by atoms with E-state index in [0.29, 0.717) is 16.3 Å². The van der Waals surface area contributed by atoms with Crippen molar-refractivity contribution in [3.63, 3.8) is 0 Å². The van der Waals surface area contributed by atoms with E-state index < -0.39 is 0 Å². The Morgan fingerprint density at radius 1 is 0.950 bits per heavy atom. The van der Waals surface area contributed by atoms with Gasteiger partial charge in [-0.3, -0.25) is 14.6 Å². The Labute approximate surface area is 121 Å². The first-order valence-electron chi connectivity index (χ1n) is 6.17. The number of nitrogens with zero attached hydrogens (tertiary/aromatic N) is 2. The minimum Gasteiger partial charge on any atom is -0.294 e. The lowest BCUT2D eigenvalue weighted by atomic mass is 10.0. The van der Waals surface area contributed by atoms with Gasteiger partial charge in [0.15, 0.2) is 11.6 Å². The molecule has 2 aromatic heterocycles. The maximum absolute atomic E-state index is 11.9. The second-order valence-electron chi connectivity index (χ2n) is 4.40. The predicted octanol–water partition coefficient (Wildman–Crippen LogP) is 3.28. The summed E-state index contributed by atoms with van der Waals surface area (Å²) in [5.74, 6) is -0.213. The highest BCUT2D eigenvalue weighted by molar-refractivity contribution is 6.29. The molecule has 0 atom stereocenters. The van der Waals surface area contributed by atoms with Crippen LogP contribution in [0.4, 0.5) is 0 Å². The zero-order valence-corrected chi connectivity index (χ0v) is 11.7. The van der Waals surface area contributed by atoms with E-state index in [1.165, 1.54) is 12.4 Å². The predicted molar refractivity (Wildman–Crippen MR) is 76.1 cm³/mol. The molecule has 2 rings (SSSR count). The van der Waals surface area contributed by atoms with E-state index in [1.807, 2.05) is 6.92 Å². The molecule has 20 heavy (non-hydrogen) atoms. The molecule has 0 aliphatic heterocycles. The lowest BCUT2D eigenvalue weighted by Gasteiger charge is -2.02. The molecule has 2 heterocycles. The van der Waals surface area contributed by atoms with Gasteiger partial charge in [0.2, 0.25) is 0 Å². The fourth-order valence-electron chi connectivity index (χ4n) is 1.69. The van der Waals surface area contributed by atoms with Crippen LogP contribution in [-0.2, 0) is 0 Å². The van der Waals surface area contributed by atoms with Crippen molar-refractivity contribution in [2.45, 2.75) is 19.8 Å². The summed E-state index contributed by atoms with van der Waals surface area (Å²) in [5, 5.41) is 0.336. The highest BCUT2D eigenvalue weighted by Crippen LogP contribution is 2.11. The monoisotopic (exact) mass is 288 g/mol. The molecular formula is C15H13ClN2O2. The first-order valence-corrected chi connectivity index (χ1v) is 6.54. The largest absolute Gasteiger partial charge is 0.294 e. The molecule has 0 aliphatic rings. The highest BCUT2D eigenvalue weighted by Gasteiger charge is 2.11. The third-order valence-corrected chi connectivity index (χ3v) is 3.09. The SMILES string of the molecule is Cc1ccc(C(=O)CCC(=O)c2ccc(Cl)nc2)cn1. The van der Waals surface area contributed by atoms with Crippen LogP contribution >= 0.6 is 11.6 Å². The maximum atomic E-state index is 11.9. The Bertz CT molecular complexity index is 564. The molecule has 0 unspecified atom stereocenters. The average molecular weight is 289 g/mol. The smallest absolute Gasteiger partial charge is 0.164 e. The zero-order valence-electron chi connectivity index (χ0n) is 11.0. The molecule has 5 heteroatoms. The molecule has 0 spiro atoms. The average Bonchev–Trinajstić information content (AvgIpc) is 2.46. The molecule has 0 N–H and O–H groups in total. The van der Waals surface area contributed by atoms with Crippen molar-refractivity contribution in [3.05, 3.63) is 58.6 Å². The van der Waals surface area contributed by atoms with Gasteiger partial charge in [-0.05, 0) is 31.2 Å². The van der Waals surface area contributed by atoms with E-state index >= 15 is 0 Å². The van der Waals surface area contributed by atoms with Crippen LogP contribution in [0.5, 0.6) is 0 Å². The minimum absolute atomic E-state index is 0.0900. The number of carbonyl (C=O) groups is 2. The number of carbonyl (C=O) groups excluding carboxylic acids is 2. The molecule has 2 aromatic rings. The molecule has 0 bridgehead atoms. The van der Waals surface area contributed by atoms with E-state index in [2.05, 4.69) is 9.97 Å². The van der Waals surface area contributed by atoms with E-state index in [-0.39, 0.29) is 24.4 Å². The van der Waals surface area contributed by atoms with Gasteiger partial charge < -0.3 is 0 Å². The number of aryl methyl sites for hydroxylation is 1. The number of hydrogen-bond donors (Lipinski definition) is 0. The van der Waals surface area contributed by atoms with Crippen molar-refractivity contribution >= 4 is 23.2 Å². The Hall–Kier alpha value is -2.07. The molecule has 0 fully saturated rings. The van der Waals surface area contributed by atoms with Crippen molar-refractivity contribution in [2.75, 3.05) is 0 Å². The highest BCUT2D eigenvalue weighted by atomic mass is 35.5. The molecule has 0 radical (unpaired) electrons. The van der Waals surface area contributed by atoms with Gasteiger partial charge in [-0.2, -0.15) is 0 Å². The number of rotatable bonds is 5.